The van der Waals surface area contributed by atoms with Crippen LogP contribution in [-0.2, 0) is 6.54 Å². The van der Waals surface area contributed by atoms with Gasteiger partial charge in [-0.25, -0.2) is 0 Å². The highest BCUT2D eigenvalue weighted by atomic mass is 79.9. The Morgan fingerprint density at radius 3 is 2.57 bits per heavy atom. The van der Waals surface area contributed by atoms with Gasteiger partial charge in [-0.1, -0.05) is 39.7 Å². The van der Waals surface area contributed by atoms with Crippen LogP contribution in [0.25, 0.3) is 0 Å². The molecule has 1 aliphatic rings. The number of carbonyl (C=O) groups is 2. The number of fused-ring (bicyclic) bond motifs is 1. The van der Waals surface area contributed by atoms with E-state index in [0.29, 0.717) is 16.3 Å². The summed E-state index contributed by atoms with van der Waals surface area (Å²) in [5.41, 5.74) is 7.56. The largest absolute Gasteiger partial charge is 0.398 e. The maximum Gasteiger partial charge on any atom is 0.263 e. The van der Waals surface area contributed by atoms with Gasteiger partial charge < -0.3 is 5.73 Å². The zero-order valence-electron chi connectivity index (χ0n) is 10.8. The highest BCUT2D eigenvalue weighted by molar-refractivity contribution is 9.10. The fraction of sp³-hybridized carbons (Fsp3) is 0.0667. The number of rotatable bonds is 2. The predicted octanol–water partition coefficient (Wildman–Crippen LogP) is 3.48. The Kier molecular flexibility index (Phi) is 3.47. The number of carbonyl (C=O) groups excluding carboxylic acids is 2. The second kappa shape index (κ2) is 5.16. The van der Waals surface area contributed by atoms with Crippen molar-refractivity contribution in [2.45, 2.75) is 6.54 Å². The van der Waals surface area contributed by atoms with Crippen LogP contribution >= 0.6 is 27.5 Å². The Morgan fingerprint density at radius 2 is 1.90 bits per heavy atom. The van der Waals surface area contributed by atoms with Gasteiger partial charge in [-0.3, -0.25) is 14.5 Å². The molecule has 0 fully saturated rings. The van der Waals surface area contributed by atoms with Crippen molar-refractivity contribution in [3.05, 3.63) is 62.6 Å². The van der Waals surface area contributed by atoms with Crippen LogP contribution in [0, 0.1) is 0 Å². The van der Waals surface area contributed by atoms with Crippen LogP contribution in [0.5, 0.6) is 0 Å². The van der Waals surface area contributed by atoms with E-state index in [1.54, 1.807) is 36.4 Å². The van der Waals surface area contributed by atoms with Gasteiger partial charge in [0, 0.05) is 15.2 Å². The van der Waals surface area contributed by atoms with Crippen molar-refractivity contribution in [3.63, 3.8) is 0 Å². The Hall–Kier alpha value is -1.85. The molecule has 21 heavy (non-hydrogen) atoms. The molecule has 2 amide bonds. The molecule has 1 aliphatic heterocycles. The van der Waals surface area contributed by atoms with Gasteiger partial charge in [0.1, 0.15) is 0 Å². The summed E-state index contributed by atoms with van der Waals surface area (Å²) in [4.78, 5) is 25.9. The van der Waals surface area contributed by atoms with Crippen molar-refractivity contribution in [2.75, 3.05) is 5.73 Å². The smallest absolute Gasteiger partial charge is 0.263 e. The molecule has 0 saturated heterocycles. The molecule has 6 heteroatoms. The quantitative estimate of drug-likeness (QED) is 0.654. The number of nitrogens with two attached hydrogens (primary N) is 1. The number of hydrogen-bond acceptors (Lipinski definition) is 3. The van der Waals surface area contributed by atoms with Gasteiger partial charge in [0.15, 0.2) is 0 Å². The van der Waals surface area contributed by atoms with Crippen molar-refractivity contribution in [1.82, 2.24) is 4.90 Å². The first-order valence-electron chi connectivity index (χ1n) is 6.17. The van der Waals surface area contributed by atoms with Gasteiger partial charge in [-0.2, -0.15) is 0 Å². The summed E-state index contributed by atoms with van der Waals surface area (Å²) in [7, 11) is 0. The molecule has 0 bridgehead atoms. The van der Waals surface area contributed by atoms with Crippen LogP contribution in [0.2, 0.25) is 5.02 Å². The minimum Gasteiger partial charge on any atom is -0.398 e. The Bertz CT molecular complexity index is 776. The lowest BCUT2D eigenvalue weighted by molar-refractivity contribution is 0.0642. The van der Waals surface area contributed by atoms with E-state index in [1.165, 1.54) is 4.90 Å². The highest BCUT2D eigenvalue weighted by Gasteiger charge is 2.37. The van der Waals surface area contributed by atoms with E-state index in [0.717, 1.165) is 10.0 Å². The van der Waals surface area contributed by atoms with Crippen LogP contribution in [0.3, 0.4) is 0 Å². The van der Waals surface area contributed by atoms with Gasteiger partial charge in [-0.05, 0) is 29.8 Å². The van der Waals surface area contributed by atoms with E-state index in [9.17, 15) is 9.59 Å². The van der Waals surface area contributed by atoms with Crippen molar-refractivity contribution >= 4 is 45.0 Å². The van der Waals surface area contributed by atoms with Crippen molar-refractivity contribution in [2.24, 2.45) is 0 Å². The van der Waals surface area contributed by atoms with Crippen LogP contribution in [-0.4, -0.2) is 16.7 Å². The summed E-state index contributed by atoms with van der Waals surface area (Å²) < 4.78 is 0.750. The van der Waals surface area contributed by atoms with Crippen molar-refractivity contribution in [1.29, 1.82) is 0 Å². The molecule has 1 heterocycles. The number of hydrogen-bond donors (Lipinski definition) is 1. The zero-order valence-corrected chi connectivity index (χ0v) is 13.1. The molecule has 0 radical (unpaired) electrons. The summed E-state index contributed by atoms with van der Waals surface area (Å²) >= 11 is 9.28. The zero-order chi connectivity index (χ0) is 15.1. The average Bonchev–Trinajstić information content (AvgIpc) is 2.68. The molecule has 4 nitrogen and oxygen atoms in total. The van der Waals surface area contributed by atoms with Crippen molar-refractivity contribution < 1.29 is 9.59 Å². The minimum atomic E-state index is -0.366. The van der Waals surface area contributed by atoms with Gasteiger partial charge in [0.2, 0.25) is 0 Å². The van der Waals surface area contributed by atoms with E-state index >= 15 is 0 Å². The monoisotopic (exact) mass is 364 g/mol. The third kappa shape index (κ3) is 2.32. The van der Waals surface area contributed by atoms with Crippen LogP contribution in [0.15, 0.2) is 40.9 Å². The molecule has 0 saturated carbocycles. The fourth-order valence-electron chi connectivity index (χ4n) is 2.32. The molecule has 0 spiro atoms. The Labute approximate surface area is 134 Å². The number of anilines is 1. The standard InChI is InChI=1S/C15H10BrClN2O2/c16-11-6-9(17)5-4-8(11)7-19-14(20)10-2-1-3-12(18)13(10)15(19)21/h1-6H,7,18H2. The summed E-state index contributed by atoms with van der Waals surface area (Å²) in [6, 6.07) is 10.1. The number of nitrogen functional groups attached to an aromatic ring is 1. The van der Waals surface area contributed by atoms with Crippen LogP contribution in [0.4, 0.5) is 5.69 Å². The highest BCUT2D eigenvalue weighted by Crippen LogP contribution is 2.30. The van der Waals surface area contributed by atoms with Gasteiger partial charge in [-0.15, -0.1) is 0 Å². The first-order chi connectivity index (χ1) is 9.99. The molecule has 2 aromatic rings. The van der Waals surface area contributed by atoms with E-state index < -0.39 is 0 Å². The first-order valence-corrected chi connectivity index (χ1v) is 7.34. The van der Waals surface area contributed by atoms with E-state index in [1.807, 2.05) is 0 Å². The predicted molar refractivity (Wildman–Crippen MR) is 84.2 cm³/mol. The van der Waals surface area contributed by atoms with Crippen LogP contribution in [0.1, 0.15) is 26.3 Å². The van der Waals surface area contributed by atoms with E-state index in [-0.39, 0.29) is 23.9 Å². The van der Waals surface area contributed by atoms with Crippen molar-refractivity contribution in [3.8, 4) is 0 Å². The molecular weight excluding hydrogens is 356 g/mol. The SMILES string of the molecule is Nc1cccc2c1C(=O)N(Cc1ccc(Cl)cc1Br)C2=O. The Balaban J connectivity index is 1.97. The van der Waals surface area contributed by atoms with E-state index in [2.05, 4.69) is 15.9 Å². The summed E-state index contributed by atoms with van der Waals surface area (Å²) in [6.07, 6.45) is 0. The third-order valence-electron chi connectivity index (χ3n) is 3.37. The first kappa shape index (κ1) is 14.1. The molecule has 0 unspecified atom stereocenters. The lowest BCUT2D eigenvalue weighted by atomic mass is 10.1. The molecule has 3 rings (SSSR count). The summed E-state index contributed by atoms with van der Waals surface area (Å²) in [5.74, 6) is -0.695. The van der Waals surface area contributed by atoms with Gasteiger partial charge in [0.25, 0.3) is 11.8 Å². The second-order valence-electron chi connectivity index (χ2n) is 4.70. The minimum absolute atomic E-state index is 0.170. The molecule has 106 valence electrons. The van der Waals surface area contributed by atoms with Crippen LogP contribution < -0.4 is 5.73 Å². The van der Waals surface area contributed by atoms with Gasteiger partial charge >= 0.3 is 0 Å². The molecule has 2 N–H and O–H groups in total. The lowest BCUT2D eigenvalue weighted by Crippen LogP contribution is -2.29. The maximum absolute atomic E-state index is 12.4. The number of imide groups is 1. The summed E-state index contributed by atoms with van der Waals surface area (Å²) in [5, 5.41) is 0.581. The Morgan fingerprint density at radius 1 is 1.14 bits per heavy atom. The van der Waals surface area contributed by atoms with E-state index in [4.69, 9.17) is 17.3 Å². The normalized spacial score (nSPS) is 13.7. The maximum atomic E-state index is 12.4. The summed E-state index contributed by atoms with van der Waals surface area (Å²) in [6.45, 7) is 0.170. The topological polar surface area (TPSA) is 63.4 Å². The number of amides is 2. The number of halogens is 2. The third-order valence-corrected chi connectivity index (χ3v) is 4.35. The second-order valence-corrected chi connectivity index (χ2v) is 5.99. The average molecular weight is 366 g/mol. The number of nitrogens with zero attached hydrogens (tertiary/aromatic N) is 1. The molecule has 2 aromatic carbocycles. The fourth-order valence-corrected chi connectivity index (χ4v) is 3.13. The van der Waals surface area contributed by atoms with Gasteiger partial charge in [0.05, 0.1) is 17.7 Å². The molecule has 0 aliphatic carbocycles. The lowest BCUT2D eigenvalue weighted by Gasteiger charge is -2.15. The number of benzene rings is 2. The molecular formula is C15H10BrClN2O2. The molecule has 0 atom stereocenters. The molecule has 0 aromatic heterocycles.